The summed E-state index contributed by atoms with van der Waals surface area (Å²) in [6, 6.07) is 22.8. The van der Waals surface area contributed by atoms with Crippen molar-refractivity contribution in [3.63, 3.8) is 0 Å². The van der Waals surface area contributed by atoms with Crippen molar-refractivity contribution >= 4 is 11.6 Å². The number of benzene rings is 3. The van der Waals surface area contributed by atoms with Gasteiger partial charge in [-0.15, -0.1) is 0 Å². The Morgan fingerprint density at radius 2 is 1.69 bits per heavy atom. The molecule has 0 bridgehead atoms. The maximum Gasteiger partial charge on any atom is 0.124 e. The van der Waals surface area contributed by atoms with Crippen LogP contribution in [0.4, 0.5) is 4.39 Å². The quantitative estimate of drug-likeness (QED) is 0.559. The first-order chi connectivity index (χ1) is 12.6. The summed E-state index contributed by atoms with van der Waals surface area (Å²) in [7, 11) is 0. The molecule has 0 fully saturated rings. The fourth-order valence-electron chi connectivity index (χ4n) is 2.71. The molecule has 0 aliphatic rings. The van der Waals surface area contributed by atoms with E-state index in [4.69, 9.17) is 16.3 Å². The zero-order valence-electron chi connectivity index (χ0n) is 14.6. The minimum Gasteiger partial charge on any atom is -0.489 e. The third-order valence-corrected chi connectivity index (χ3v) is 4.62. The van der Waals surface area contributed by atoms with Gasteiger partial charge in [0.15, 0.2) is 0 Å². The van der Waals surface area contributed by atoms with E-state index in [2.05, 4.69) is 24.4 Å². The Labute approximate surface area is 158 Å². The van der Waals surface area contributed by atoms with Crippen LogP contribution in [0, 0.1) is 5.82 Å². The highest BCUT2D eigenvalue weighted by atomic mass is 35.5. The molecule has 1 N–H and O–H groups in total. The normalized spacial score (nSPS) is 12.0. The Balaban J connectivity index is 1.64. The van der Waals surface area contributed by atoms with Gasteiger partial charge >= 0.3 is 0 Å². The third-order valence-electron chi connectivity index (χ3n) is 4.27. The predicted molar refractivity (Wildman–Crippen MR) is 104 cm³/mol. The zero-order chi connectivity index (χ0) is 18.4. The van der Waals surface area contributed by atoms with Gasteiger partial charge in [-0.1, -0.05) is 66.2 Å². The molecule has 0 saturated heterocycles. The largest absolute Gasteiger partial charge is 0.489 e. The second-order valence-electron chi connectivity index (χ2n) is 6.15. The molecule has 1 atom stereocenters. The number of hydrogen-bond donors (Lipinski definition) is 1. The lowest BCUT2D eigenvalue weighted by atomic mass is 10.1. The average molecular weight is 370 g/mol. The molecule has 0 aromatic heterocycles. The predicted octanol–water partition coefficient (Wildman–Crippen LogP) is 5.91. The van der Waals surface area contributed by atoms with E-state index in [0.29, 0.717) is 18.2 Å². The summed E-state index contributed by atoms with van der Waals surface area (Å²) in [5.74, 6) is 0.443. The number of para-hydroxylation sites is 1. The van der Waals surface area contributed by atoms with Gasteiger partial charge in [-0.2, -0.15) is 0 Å². The van der Waals surface area contributed by atoms with Gasteiger partial charge in [-0.05, 0) is 30.7 Å². The van der Waals surface area contributed by atoms with Crippen LogP contribution in [-0.4, -0.2) is 0 Å². The number of hydrogen-bond acceptors (Lipinski definition) is 2. The maximum atomic E-state index is 13.2. The summed E-state index contributed by atoms with van der Waals surface area (Å²) in [5, 5.41) is 3.89. The number of rotatable bonds is 7. The number of halogens is 2. The van der Waals surface area contributed by atoms with Gasteiger partial charge in [0.2, 0.25) is 0 Å². The molecular weight excluding hydrogens is 349 g/mol. The van der Waals surface area contributed by atoms with Crippen LogP contribution in [-0.2, 0) is 13.2 Å². The van der Waals surface area contributed by atoms with Crippen LogP contribution in [0.15, 0.2) is 72.8 Å². The van der Waals surface area contributed by atoms with E-state index in [0.717, 1.165) is 16.9 Å². The van der Waals surface area contributed by atoms with Crippen LogP contribution in [0.1, 0.15) is 29.7 Å². The maximum absolute atomic E-state index is 13.2. The number of nitrogens with one attached hydrogen (secondary N) is 1. The Kier molecular flexibility index (Phi) is 6.26. The number of ether oxygens (including phenoxy) is 1. The van der Waals surface area contributed by atoms with E-state index in [1.54, 1.807) is 6.07 Å². The molecular formula is C22H21ClFNO. The van der Waals surface area contributed by atoms with Crippen molar-refractivity contribution in [3.8, 4) is 5.75 Å². The third kappa shape index (κ3) is 4.84. The highest BCUT2D eigenvalue weighted by Crippen LogP contribution is 2.23. The lowest BCUT2D eigenvalue weighted by molar-refractivity contribution is 0.301. The van der Waals surface area contributed by atoms with Crippen LogP contribution >= 0.6 is 11.6 Å². The fourth-order valence-corrected chi connectivity index (χ4v) is 2.93. The molecule has 26 heavy (non-hydrogen) atoms. The summed E-state index contributed by atoms with van der Waals surface area (Å²) < 4.78 is 19.1. The standard InChI is InChI=1S/C22H21ClFNO/c1-16(17-7-3-2-4-8-17)25-14-18-9-5-6-10-22(18)26-15-19-11-12-20(24)13-21(19)23/h2-13,16,25H,14-15H2,1H3. The first-order valence-electron chi connectivity index (χ1n) is 8.56. The lowest BCUT2D eigenvalue weighted by Gasteiger charge is -2.17. The Bertz CT molecular complexity index is 854. The van der Waals surface area contributed by atoms with Crippen molar-refractivity contribution < 1.29 is 9.13 Å². The second-order valence-corrected chi connectivity index (χ2v) is 6.55. The van der Waals surface area contributed by atoms with Crippen LogP contribution < -0.4 is 10.1 Å². The van der Waals surface area contributed by atoms with Crippen LogP contribution in [0.5, 0.6) is 5.75 Å². The first kappa shape index (κ1) is 18.4. The lowest BCUT2D eigenvalue weighted by Crippen LogP contribution is -2.18. The van der Waals surface area contributed by atoms with Crippen molar-refractivity contribution in [1.29, 1.82) is 0 Å². The van der Waals surface area contributed by atoms with Gasteiger partial charge in [0.25, 0.3) is 0 Å². The Morgan fingerprint density at radius 1 is 0.962 bits per heavy atom. The first-order valence-corrected chi connectivity index (χ1v) is 8.94. The Hall–Kier alpha value is -2.36. The minimum absolute atomic E-state index is 0.232. The van der Waals surface area contributed by atoms with Gasteiger partial charge in [-0.25, -0.2) is 4.39 Å². The van der Waals surface area contributed by atoms with Gasteiger partial charge in [-0.3, -0.25) is 0 Å². The van der Waals surface area contributed by atoms with Gasteiger partial charge in [0, 0.05) is 23.7 Å². The van der Waals surface area contributed by atoms with E-state index in [1.807, 2.05) is 42.5 Å². The molecule has 0 aliphatic heterocycles. The molecule has 0 saturated carbocycles. The van der Waals surface area contributed by atoms with Crippen molar-refractivity contribution in [2.24, 2.45) is 0 Å². The molecule has 3 aromatic carbocycles. The van der Waals surface area contributed by atoms with E-state index in [9.17, 15) is 4.39 Å². The SMILES string of the molecule is CC(NCc1ccccc1OCc1ccc(F)cc1Cl)c1ccccc1. The summed E-state index contributed by atoms with van der Waals surface area (Å²) >= 11 is 6.07. The Morgan fingerprint density at radius 3 is 2.46 bits per heavy atom. The summed E-state index contributed by atoms with van der Waals surface area (Å²) in [4.78, 5) is 0. The van der Waals surface area contributed by atoms with E-state index < -0.39 is 0 Å². The van der Waals surface area contributed by atoms with Crippen LogP contribution in [0.3, 0.4) is 0 Å². The molecule has 0 heterocycles. The van der Waals surface area contributed by atoms with E-state index >= 15 is 0 Å². The highest BCUT2D eigenvalue weighted by Gasteiger charge is 2.09. The highest BCUT2D eigenvalue weighted by molar-refractivity contribution is 6.31. The average Bonchev–Trinajstić information content (AvgIpc) is 2.67. The van der Waals surface area contributed by atoms with Crippen molar-refractivity contribution in [2.75, 3.05) is 0 Å². The van der Waals surface area contributed by atoms with Gasteiger partial charge in [0.1, 0.15) is 18.2 Å². The fraction of sp³-hybridized carbons (Fsp3) is 0.182. The summed E-state index contributed by atoms with van der Waals surface area (Å²) in [6.07, 6.45) is 0. The molecule has 3 aromatic rings. The summed E-state index contributed by atoms with van der Waals surface area (Å²) in [6.45, 7) is 3.12. The smallest absolute Gasteiger partial charge is 0.124 e. The molecule has 1 unspecified atom stereocenters. The van der Waals surface area contributed by atoms with Gasteiger partial charge < -0.3 is 10.1 Å². The monoisotopic (exact) mass is 369 g/mol. The molecule has 0 aliphatic carbocycles. The molecule has 4 heteroatoms. The van der Waals surface area contributed by atoms with Gasteiger partial charge in [0.05, 0.1) is 5.02 Å². The second kappa shape index (κ2) is 8.84. The molecule has 3 rings (SSSR count). The van der Waals surface area contributed by atoms with E-state index in [1.165, 1.54) is 17.7 Å². The van der Waals surface area contributed by atoms with Crippen molar-refractivity contribution in [2.45, 2.75) is 26.1 Å². The molecule has 0 radical (unpaired) electrons. The molecule has 134 valence electrons. The summed E-state index contributed by atoms with van der Waals surface area (Å²) in [5.41, 5.74) is 3.06. The van der Waals surface area contributed by atoms with Crippen LogP contribution in [0.25, 0.3) is 0 Å². The topological polar surface area (TPSA) is 21.3 Å². The van der Waals surface area contributed by atoms with Crippen molar-refractivity contribution in [1.82, 2.24) is 5.32 Å². The van der Waals surface area contributed by atoms with E-state index in [-0.39, 0.29) is 11.9 Å². The molecule has 0 amide bonds. The molecule has 2 nitrogen and oxygen atoms in total. The zero-order valence-corrected chi connectivity index (χ0v) is 15.3. The molecule has 0 spiro atoms. The van der Waals surface area contributed by atoms with Crippen molar-refractivity contribution in [3.05, 3.63) is 100 Å². The van der Waals surface area contributed by atoms with Crippen LogP contribution in [0.2, 0.25) is 5.02 Å². The minimum atomic E-state index is -0.349.